The molecular formula is C10H4Cl4N4O3. The van der Waals surface area contributed by atoms with E-state index in [1.165, 1.54) is 0 Å². The maximum atomic E-state index is 12.2. The lowest BCUT2D eigenvalue weighted by molar-refractivity contribution is 0.0692. The van der Waals surface area contributed by atoms with Gasteiger partial charge in [-0.3, -0.25) is 10.1 Å². The summed E-state index contributed by atoms with van der Waals surface area (Å²) in [6.45, 7) is 0. The molecule has 0 saturated heterocycles. The predicted molar refractivity (Wildman–Crippen MR) is 77.8 cm³/mol. The van der Waals surface area contributed by atoms with Crippen molar-refractivity contribution < 1.29 is 14.7 Å². The molecule has 0 aliphatic heterocycles. The molecule has 11 heteroatoms. The number of benzene rings is 1. The van der Waals surface area contributed by atoms with Crippen LogP contribution in [0.15, 0.2) is 6.33 Å². The van der Waals surface area contributed by atoms with Gasteiger partial charge in [-0.15, -0.1) is 0 Å². The van der Waals surface area contributed by atoms with Crippen LogP contribution >= 0.6 is 46.4 Å². The van der Waals surface area contributed by atoms with Gasteiger partial charge in [-0.1, -0.05) is 46.4 Å². The van der Waals surface area contributed by atoms with Gasteiger partial charge in [0.1, 0.15) is 6.33 Å². The number of H-pyrrole nitrogens is 1. The number of carbonyl (C=O) groups excluding carboxylic acids is 1. The fourth-order valence-electron chi connectivity index (χ4n) is 1.48. The number of carbonyl (C=O) groups is 2. The summed E-state index contributed by atoms with van der Waals surface area (Å²) in [6, 6.07) is 0. The van der Waals surface area contributed by atoms with Gasteiger partial charge >= 0.3 is 5.97 Å². The number of carboxylic acids is 1. The molecule has 110 valence electrons. The third-order valence-corrected chi connectivity index (χ3v) is 4.16. The minimum atomic E-state index is -1.48. The van der Waals surface area contributed by atoms with Gasteiger partial charge < -0.3 is 5.11 Å². The van der Waals surface area contributed by atoms with E-state index in [9.17, 15) is 14.7 Å². The fourth-order valence-corrected chi connectivity index (χ4v) is 2.50. The zero-order valence-electron chi connectivity index (χ0n) is 9.75. The van der Waals surface area contributed by atoms with Crippen molar-refractivity contribution in [2.24, 2.45) is 0 Å². The molecule has 1 amide bonds. The van der Waals surface area contributed by atoms with Crippen molar-refractivity contribution >= 4 is 64.2 Å². The molecule has 0 radical (unpaired) electrons. The minimum Gasteiger partial charge on any atom is -0.478 e. The number of nitrogens with zero attached hydrogens (tertiary/aromatic N) is 2. The molecule has 21 heavy (non-hydrogen) atoms. The number of aromatic amines is 1. The van der Waals surface area contributed by atoms with Gasteiger partial charge in [-0.25, -0.2) is 9.89 Å². The van der Waals surface area contributed by atoms with Crippen molar-refractivity contribution in [1.29, 1.82) is 0 Å². The number of hydrogen-bond donors (Lipinski definition) is 3. The first-order chi connectivity index (χ1) is 9.84. The Balaban J connectivity index is 2.61. The number of aromatic carboxylic acids is 1. The van der Waals surface area contributed by atoms with Crippen LogP contribution in [0.3, 0.4) is 0 Å². The Hall–Kier alpha value is -1.54. The first-order valence-electron chi connectivity index (χ1n) is 5.10. The molecule has 2 rings (SSSR count). The van der Waals surface area contributed by atoms with Gasteiger partial charge in [-0.2, -0.15) is 10.1 Å². The molecule has 7 nitrogen and oxygen atoms in total. The van der Waals surface area contributed by atoms with E-state index in [2.05, 4.69) is 20.5 Å². The summed E-state index contributed by atoms with van der Waals surface area (Å²) >= 11 is 23.3. The monoisotopic (exact) mass is 368 g/mol. The average molecular weight is 370 g/mol. The van der Waals surface area contributed by atoms with Crippen LogP contribution in [0.4, 0.5) is 5.95 Å². The largest absolute Gasteiger partial charge is 0.478 e. The molecule has 3 N–H and O–H groups in total. The van der Waals surface area contributed by atoms with E-state index in [0.29, 0.717) is 0 Å². The number of carboxylic acid groups (broad SMARTS) is 1. The van der Waals surface area contributed by atoms with Gasteiger partial charge in [0, 0.05) is 0 Å². The second kappa shape index (κ2) is 6.07. The second-order valence-electron chi connectivity index (χ2n) is 3.60. The fraction of sp³-hybridized carbons (Fsp3) is 0. The van der Waals surface area contributed by atoms with E-state index in [0.717, 1.165) is 6.33 Å². The molecule has 0 aliphatic rings. The lowest BCUT2D eigenvalue weighted by atomic mass is 10.1. The molecule has 2 aromatic rings. The molecule has 1 heterocycles. The van der Waals surface area contributed by atoms with Crippen molar-refractivity contribution in [2.45, 2.75) is 0 Å². The first kappa shape index (κ1) is 15.8. The number of amides is 1. The molecule has 0 saturated carbocycles. The van der Waals surface area contributed by atoms with Crippen LogP contribution in [0.1, 0.15) is 20.7 Å². The van der Waals surface area contributed by atoms with Gasteiger partial charge in [-0.05, 0) is 0 Å². The number of nitrogens with one attached hydrogen (secondary N) is 2. The van der Waals surface area contributed by atoms with Crippen molar-refractivity contribution in [3.63, 3.8) is 0 Å². The highest BCUT2D eigenvalue weighted by Crippen LogP contribution is 2.41. The summed E-state index contributed by atoms with van der Waals surface area (Å²) in [5.74, 6) is -2.37. The zero-order valence-corrected chi connectivity index (χ0v) is 12.8. The van der Waals surface area contributed by atoms with Gasteiger partial charge in [0.05, 0.1) is 31.2 Å². The molecule has 0 atom stereocenters. The first-order valence-corrected chi connectivity index (χ1v) is 6.61. The molecule has 1 aromatic heterocycles. The molecule has 0 unspecified atom stereocenters. The van der Waals surface area contributed by atoms with Crippen LogP contribution in [0.5, 0.6) is 0 Å². The van der Waals surface area contributed by atoms with Crippen LogP contribution in [0.25, 0.3) is 0 Å². The highest BCUT2D eigenvalue weighted by Gasteiger charge is 2.29. The molecule has 0 fully saturated rings. The Morgan fingerprint density at radius 2 is 1.62 bits per heavy atom. The highest BCUT2D eigenvalue weighted by atomic mass is 35.5. The van der Waals surface area contributed by atoms with Crippen LogP contribution < -0.4 is 5.32 Å². The molecular weight excluding hydrogens is 366 g/mol. The van der Waals surface area contributed by atoms with Gasteiger partial charge in [0.15, 0.2) is 0 Å². The SMILES string of the molecule is O=C(O)c1c(Cl)c(Cl)c(Cl)c(Cl)c1C(=O)Nc1ncn[nH]1. The summed E-state index contributed by atoms with van der Waals surface area (Å²) < 4.78 is 0. The summed E-state index contributed by atoms with van der Waals surface area (Å²) in [5.41, 5.74) is -0.993. The summed E-state index contributed by atoms with van der Waals surface area (Å²) in [6.07, 6.45) is 1.15. The van der Waals surface area contributed by atoms with Crippen molar-refractivity contribution in [1.82, 2.24) is 15.2 Å². The highest BCUT2D eigenvalue weighted by molar-refractivity contribution is 6.54. The molecule has 0 bridgehead atoms. The predicted octanol–water partition coefficient (Wildman–Crippen LogP) is 3.37. The van der Waals surface area contributed by atoms with Crippen molar-refractivity contribution in [2.75, 3.05) is 5.32 Å². The van der Waals surface area contributed by atoms with E-state index >= 15 is 0 Å². The number of aromatic nitrogens is 3. The van der Waals surface area contributed by atoms with E-state index in [1.54, 1.807) is 0 Å². The maximum Gasteiger partial charge on any atom is 0.338 e. The molecule has 1 aromatic carbocycles. The van der Waals surface area contributed by atoms with Crippen molar-refractivity contribution in [3.05, 3.63) is 37.5 Å². The lowest BCUT2D eigenvalue weighted by Gasteiger charge is -2.12. The topological polar surface area (TPSA) is 108 Å². The number of rotatable bonds is 3. The normalized spacial score (nSPS) is 10.5. The number of anilines is 1. The summed E-state index contributed by atoms with van der Waals surface area (Å²) in [5, 5.41) is 16.2. The number of halogens is 4. The van der Waals surface area contributed by atoms with Crippen molar-refractivity contribution in [3.8, 4) is 0 Å². The standard InChI is InChI=1S/C10H4Cl4N4O3/c11-4-2(8(19)17-10-15-1-16-18-10)3(9(20)21)5(12)7(14)6(4)13/h1H,(H,20,21)(H2,15,16,17,18,19). The Bertz CT molecular complexity index is 733. The van der Waals surface area contributed by atoms with Gasteiger partial charge in [0.2, 0.25) is 5.95 Å². The number of hydrogen-bond acceptors (Lipinski definition) is 4. The Morgan fingerprint density at radius 3 is 2.10 bits per heavy atom. The lowest BCUT2D eigenvalue weighted by Crippen LogP contribution is -2.19. The summed E-state index contributed by atoms with van der Waals surface area (Å²) in [4.78, 5) is 27.1. The van der Waals surface area contributed by atoms with E-state index in [4.69, 9.17) is 46.4 Å². The second-order valence-corrected chi connectivity index (χ2v) is 5.11. The Kier molecular flexibility index (Phi) is 4.58. The quantitative estimate of drug-likeness (QED) is 0.567. The molecule has 0 spiro atoms. The third kappa shape index (κ3) is 2.91. The Labute approximate surface area is 137 Å². The van der Waals surface area contributed by atoms with Crippen LogP contribution in [-0.2, 0) is 0 Å². The van der Waals surface area contributed by atoms with Crippen LogP contribution in [0.2, 0.25) is 20.1 Å². The maximum absolute atomic E-state index is 12.2. The summed E-state index contributed by atoms with van der Waals surface area (Å²) in [7, 11) is 0. The Morgan fingerprint density at radius 1 is 1.05 bits per heavy atom. The molecule has 0 aliphatic carbocycles. The zero-order chi connectivity index (χ0) is 15.7. The minimum absolute atomic E-state index is 0.00500. The third-order valence-electron chi connectivity index (χ3n) is 2.35. The van der Waals surface area contributed by atoms with E-state index in [1.807, 2.05) is 0 Å². The van der Waals surface area contributed by atoms with Crippen LogP contribution in [0, 0.1) is 0 Å². The average Bonchev–Trinajstić information content (AvgIpc) is 2.92. The van der Waals surface area contributed by atoms with Crippen LogP contribution in [-0.4, -0.2) is 32.2 Å². The van der Waals surface area contributed by atoms with Gasteiger partial charge in [0.25, 0.3) is 5.91 Å². The van der Waals surface area contributed by atoms with E-state index in [-0.39, 0.29) is 26.0 Å². The smallest absolute Gasteiger partial charge is 0.338 e. The van der Waals surface area contributed by atoms with E-state index < -0.39 is 23.0 Å².